The molecule has 6 rings (SSSR count). The van der Waals surface area contributed by atoms with Gasteiger partial charge in [0.2, 0.25) is 0 Å². The number of carbonyl (C=O) groups is 1. The molecule has 0 saturated carbocycles. The van der Waals surface area contributed by atoms with Gasteiger partial charge in [-0.25, -0.2) is 0 Å². The lowest BCUT2D eigenvalue weighted by Gasteiger charge is -2.34. The first-order valence-electron chi connectivity index (χ1n) is 14.7. The molecule has 0 bridgehead atoms. The van der Waals surface area contributed by atoms with Crippen LogP contribution in [-0.4, -0.2) is 39.5 Å². The molecule has 1 aliphatic rings. The molecule has 0 aromatic heterocycles. The SMILES string of the molecule is COCCOc1ccc(C2(c3ccc(OCCOC(C)=O)cc3)c3cc(C)c(C)cc3-c3cc4ccccc4cc32)cc1. The van der Waals surface area contributed by atoms with Gasteiger partial charge in [-0.05, 0) is 106 Å². The lowest BCUT2D eigenvalue weighted by molar-refractivity contribution is -0.141. The van der Waals surface area contributed by atoms with E-state index < -0.39 is 5.41 Å². The van der Waals surface area contributed by atoms with Crippen molar-refractivity contribution in [3.8, 4) is 22.6 Å². The van der Waals surface area contributed by atoms with Crippen LogP contribution < -0.4 is 9.47 Å². The van der Waals surface area contributed by atoms with Crippen LogP contribution in [0.2, 0.25) is 0 Å². The van der Waals surface area contributed by atoms with Crippen molar-refractivity contribution in [3.05, 3.63) is 130 Å². The van der Waals surface area contributed by atoms with Crippen LogP contribution in [0.15, 0.2) is 97.1 Å². The molecule has 0 heterocycles. The van der Waals surface area contributed by atoms with Crippen LogP contribution in [0.4, 0.5) is 0 Å². The highest BCUT2D eigenvalue weighted by Crippen LogP contribution is 2.57. The van der Waals surface area contributed by atoms with Crippen molar-refractivity contribution in [2.24, 2.45) is 0 Å². The molecular weight excluding hydrogens is 536 g/mol. The van der Waals surface area contributed by atoms with E-state index in [0.29, 0.717) is 19.8 Å². The van der Waals surface area contributed by atoms with Crippen molar-refractivity contribution in [2.45, 2.75) is 26.2 Å². The molecule has 5 aromatic carbocycles. The zero-order valence-corrected chi connectivity index (χ0v) is 25.1. The van der Waals surface area contributed by atoms with Crippen molar-refractivity contribution >= 4 is 16.7 Å². The van der Waals surface area contributed by atoms with Gasteiger partial charge in [0.1, 0.15) is 31.3 Å². The van der Waals surface area contributed by atoms with Crippen LogP contribution >= 0.6 is 0 Å². The molecular formula is C38H36O5. The third-order valence-electron chi connectivity index (χ3n) is 8.41. The quantitative estimate of drug-likeness (QED) is 0.124. The minimum atomic E-state index is -0.561. The Morgan fingerprint density at radius 1 is 0.628 bits per heavy atom. The average Bonchev–Trinajstić information content (AvgIpc) is 3.28. The van der Waals surface area contributed by atoms with Crippen molar-refractivity contribution in [2.75, 3.05) is 33.5 Å². The van der Waals surface area contributed by atoms with E-state index >= 15 is 0 Å². The summed E-state index contributed by atoms with van der Waals surface area (Å²) >= 11 is 0. The summed E-state index contributed by atoms with van der Waals surface area (Å²) in [5.41, 5.74) is 9.29. The maximum Gasteiger partial charge on any atom is 0.302 e. The zero-order valence-electron chi connectivity index (χ0n) is 25.1. The second-order valence-electron chi connectivity index (χ2n) is 11.1. The predicted molar refractivity (Wildman–Crippen MR) is 170 cm³/mol. The standard InChI is InChI=1S/C38H36O5/c1-25-21-34-35-23-28-7-5-6-8-29(28)24-37(35)38(36(34)22-26(25)2,30-9-13-32(14-10-30)42-18-17-40-4)31-11-15-33(16-12-31)43-20-19-41-27(3)39/h5-16,21-24H,17-20H2,1-4H3. The second-order valence-corrected chi connectivity index (χ2v) is 11.1. The monoisotopic (exact) mass is 572 g/mol. The molecule has 1 aliphatic carbocycles. The van der Waals surface area contributed by atoms with E-state index in [1.54, 1.807) is 7.11 Å². The fourth-order valence-corrected chi connectivity index (χ4v) is 6.25. The number of rotatable bonds is 10. The first-order valence-corrected chi connectivity index (χ1v) is 14.7. The van der Waals surface area contributed by atoms with Gasteiger partial charge in [-0.1, -0.05) is 60.7 Å². The highest BCUT2D eigenvalue weighted by molar-refractivity contribution is 5.96. The molecule has 0 fully saturated rings. The summed E-state index contributed by atoms with van der Waals surface area (Å²) in [4.78, 5) is 11.1. The predicted octanol–water partition coefficient (Wildman–Crippen LogP) is 7.79. The van der Waals surface area contributed by atoms with E-state index in [2.05, 4.69) is 98.8 Å². The number of fused-ring (bicyclic) bond motifs is 4. The molecule has 0 saturated heterocycles. The zero-order chi connectivity index (χ0) is 30.0. The molecule has 1 unspecified atom stereocenters. The van der Waals surface area contributed by atoms with Crippen LogP contribution in [0.5, 0.6) is 11.5 Å². The number of carbonyl (C=O) groups excluding carboxylic acids is 1. The number of aryl methyl sites for hydroxylation is 2. The minimum Gasteiger partial charge on any atom is -0.491 e. The highest BCUT2D eigenvalue weighted by atomic mass is 16.6. The Morgan fingerprint density at radius 2 is 1.14 bits per heavy atom. The van der Waals surface area contributed by atoms with Gasteiger partial charge in [0.15, 0.2) is 0 Å². The van der Waals surface area contributed by atoms with E-state index in [1.807, 2.05) is 12.1 Å². The summed E-state index contributed by atoms with van der Waals surface area (Å²) in [6.07, 6.45) is 0. The van der Waals surface area contributed by atoms with Gasteiger partial charge >= 0.3 is 5.97 Å². The number of hydrogen-bond acceptors (Lipinski definition) is 5. The third-order valence-corrected chi connectivity index (χ3v) is 8.41. The van der Waals surface area contributed by atoms with Gasteiger partial charge in [0.05, 0.1) is 12.0 Å². The van der Waals surface area contributed by atoms with Gasteiger partial charge in [-0.3, -0.25) is 4.79 Å². The molecule has 0 amide bonds. The van der Waals surface area contributed by atoms with Crippen molar-refractivity contribution in [1.82, 2.24) is 0 Å². The minimum absolute atomic E-state index is 0.215. The van der Waals surface area contributed by atoms with E-state index in [-0.39, 0.29) is 12.6 Å². The second kappa shape index (κ2) is 11.9. The number of methoxy groups -OCH3 is 1. The summed E-state index contributed by atoms with van der Waals surface area (Å²) in [7, 11) is 1.68. The van der Waals surface area contributed by atoms with Gasteiger partial charge in [-0.2, -0.15) is 0 Å². The Morgan fingerprint density at radius 3 is 1.72 bits per heavy atom. The maximum atomic E-state index is 11.1. The molecule has 5 aromatic rings. The molecule has 0 aliphatic heterocycles. The van der Waals surface area contributed by atoms with Crippen LogP contribution in [0.25, 0.3) is 21.9 Å². The molecule has 43 heavy (non-hydrogen) atoms. The molecule has 5 heteroatoms. The van der Waals surface area contributed by atoms with E-state index in [0.717, 1.165) is 22.6 Å². The molecule has 0 N–H and O–H groups in total. The molecule has 5 nitrogen and oxygen atoms in total. The molecule has 0 radical (unpaired) electrons. The Kier molecular flexibility index (Phi) is 7.92. The summed E-state index contributed by atoms with van der Waals surface area (Å²) in [5, 5.41) is 2.43. The van der Waals surface area contributed by atoms with Gasteiger partial charge < -0.3 is 18.9 Å². The molecule has 218 valence electrons. The first-order chi connectivity index (χ1) is 20.9. The largest absolute Gasteiger partial charge is 0.491 e. The van der Waals surface area contributed by atoms with E-state index in [1.165, 1.54) is 51.1 Å². The fourth-order valence-electron chi connectivity index (χ4n) is 6.25. The topological polar surface area (TPSA) is 54.0 Å². The smallest absolute Gasteiger partial charge is 0.302 e. The van der Waals surface area contributed by atoms with Crippen LogP contribution in [0, 0.1) is 13.8 Å². The van der Waals surface area contributed by atoms with Crippen LogP contribution in [-0.2, 0) is 19.7 Å². The number of esters is 1. The Balaban J connectivity index is 1.54. The average molecular weight is 573 g/mol. The first kappa shape index (κ1) is 28.5. The lowest BCUT2D eigenvalue weighted by atomic mass is 9.67. The van der Waals surface area contributed by atoms with Crippen LogP contribution in [0.1, 0.15) is 40.3 Å². The highest BCUT2D eigenvalue weighted by Gasteiger charge is 2.46. The maximum absolute atomic E-state index is 11.1. The van der Waals surface area contributed by atoms with Crippen molar-refractivity contribution in [3.63, 3.8) is 0 Å². The lowest BCUT2D eigenvalue weighted by Crippen LogP contribution is -2.28. The summed E-state index contributed by atoms with van der Waals surface area (Å²) in [6.45, 7) is 7.31. The Bertz CT molecular complexity index is 1770. The normalized spacial score (nSPS) is 15.2. The Hall–Kier alpha value is -4.61. The van der Waals surface area contributed by atoms with E-state index in [9.17, 15) is 4.79 Å². The summed E-state index contributed by atoms with van der Waals surface area (Å²) < 4.78 is 22.0. The number of benzene rings is 5. The van der Waals surface area contributed by atoms with Crippen molar-refractivity contribution in [1.29, 1.82) is 0 Å². The van der Waals surface area contributed by atoms with Gasteiger partial charge in [0, 0.05) is 14.0 Å². The fraction of sp³-hybridized carbons (Fsp3) is 0.237. The van der Waals surface area contributed by atoms with E-state index in [4.69, 9.17) is 18.9 Å². The number of ether oxygens (including phenoxy) is 4. The summed E-state index contributed by atoms with van der Waals surface area (Å²) in [5.74, 6) is 1.22. The van der Waals surface area contributed by atoms with Gasteiger partial charge in [-0.15, -0.1) is 0 Å². The Labute approximate surface area is 253 Å². The molecule has 0 spiro atoms. The third kappa shape index (κ3) is 5.26. The van der Waals surface area contributed by atoms with Crippen molar-refractivity contribution < 1.29 is 23.7 Å². The van der Waals surface area contributed by atoms with Crippen LogP contribution in [0.3, 0.4) is 0 Å². The van der Waals surface area contributed by atoms with Gasteiger partial charge in [0.25, 0.3) is 0 Å². The number of hydrogen-bond donors (Lipinski definition) is 0. The molecule has 1 atom stereocenters. The summed E-state index contributed by atoms with van der Waals surface area (Å²) in [6, 6.07) is 34.8.